The maximum Gasteiger partial charge on any atom is 0.288 e. The second-order valence-electron chi connectivity index (χ2n) is 10.2. The quantitative estimate of drug-likeness (QED) is 0.228. The molecule has 0 bridgehead atoms. The molecular weight excluding hydrogens is 476 g/mol. The van der Waals surface area contributed by atoms with Crippen molar-refractivity contribution in [1.29, 1.82) is 0 Å². The number of Topliss-reactive ketones (excluding diaryl/α,β-unsaturated/α-hetero) is 1. The van der Waals surface area contributed by atoms with Crippen LogP contribution in [0.1, 0.15) is 44.1 Å². The Morgan fingerprint density at radius 2 is 1.86 bits per heavy atom. The minimum atomic E-state index is -0.515. The number of fused-ring (bicyclic) bond motifs is 4. The van der Waals surface area contributed by atoms with Crippen molar-refractivity contribution >= 4 is 45.1 Å². The van der Waals surface area contributed by atoms with E-state index in [4.69, 9.17) is 16.0 Å². The number of halogens is 1. The second kappa shape index (κ2) is 8.07. The van der Waals surface area contributed by atoms with E-state index in [1.807, 2.05) is 18.2 Å². The lowest BCUT2D eigenvalue weighted by atomic mass is 9.68. The average Bonchev–Trinajstić information content (AvgIpc) is 3.32. The third-order valence-corrected chi connectivity index (χ3v) is 7.40. The Balaban J connectivity index is 1.50. The van der Waals surface area contributed by atoms with E-state index in [1.54, 1.807) is 12.1 Å². The highest BCUT2D eigenvalue weighted by Crippen LogP contribution is 2.52. The van der Waals surface area contributed by atoms with Crippen molar-refractivity contribution in [2.75, 3.05) is 5.32 Å². The molecule has 0 amide bonds. The lowest BCUT2D eigenvalue weighted by Gasteiger charge is -2.39. The summed E-state index contributed by atoms with van der Waals surface area (Å²) in [5.74, 6) is 1.17. The first-order chi connectivity index (χ1) is 17.2. The zero-order valence-corrected chi connectivity index (χ0v) is 20.6. The molecule has 1 aromatic heterocycles. The van der Waals surface area contributed by atoms with Crippen LogP contribution in [0.4, 0.5) is 11.4 Å². The van der Waals surface area contributed by atoms with Crippen molar-refractivity contribution in [3.8, 4) is 11.3 Å². The summed E-state index contributed by atoms with van der Waals surface area (Å²) in [6.07, 6.45) is 1.24. The van der Waals surface area contributed by atoms with Crippen molar-refractivity contribution in [3.05, 3.63) is 98.8 Å². The van der Waals surface area contributed by atoms with Gasteiger partial charge in [-0.25, -0.2) is 0 Å². The van der Waals surface area contributed by atoms with Crippen LogP contribution in [0.2, 0.25) is 5.02 Å². The standard InChI is InChI=1S/C29H23ClN2O4/c1-29(2)14-19-26-18-6-4-3-5-16(18)8-10-21(26)31-28(27(19)23(33)15-29)25-12-11-24(36-25)17-7-9-20(30)22(13-17)32(34)35/h3-13,28,31H,14-15H2,1-2H3/t28-/m1/s1. The molecule has 180 valence electrons. The molecule has 0 saturated carbocycles. The molecule has 1 N–H and O–H groups in total. The van der Waals surface area contributed by atoms with Gasteiger partial charge < -0.3 is 9.73 Å². The summed E-state index contributed by atoms with van der Waals surface area (Å²) in [5.41, 5.74) is 4.06. The number of furan rings is 1. The van der Waals surface area contributed by atoms with E-state index in [9.17, 15) is 14.9 Å². The van der Waals surface area contributed by atoms with Gasteiger partial charge in [0.05, 0.1) is 4.92 Å². The van der Waals surface area contributed by atoms with Gasteiger partial charge in [0.2, 0.25) is 0 Å². The SMILES string of the molecule is CC1(C)CC(=O)C2=C(C1)c1c(ccc3ccccc13)N[C@@H]2c1ccc(-c2ccc(Cl)c([N+](=O)[O-])c2)o1. The number of hydrogen-bond acceptors (Lipinski definition) is 5. The minimum absolute atomic E-state index is 0.0681. The van der Waals surface area contributed by atoms with Crippen molar-refractivity contribution in [1.82, 2.24) is 0 Å². The Morgan fingerprint density at radius 1 is 1.06 bits per heavy atom. The van der Waals surface area contributed by atoms with Crippen molar-refractivity contribution in [3.63, 3.8) is 0 Å². The van der Waals surface area contributed by atoms with Gasteiger partial charge in [0, 0.05) is 34.9 Å². The highest BCUT2D eigenvalue weighted by Gasteiger charge is 2.41. The van der Waals surface area contributed by atoms with Gasteiger partial charge in [0.15, 0.2) is 5.78 Å². The number of nitrogens with zero attached hydrogens (tertiary/aromatic N) is 1. The summed E-state index contributed by atoms with van der Waals surface area (Å²) in [7, 11) is 0. The number of allylic oxidation sites excluding steroid dienone is 1. The molecule has 2 aliphatic rings. The van der Waals surface area contributed by atoms with Crippen LogP contribution in [-0.4, -0.2) is 10.7 Å². The first-order valence-corrected chi connectivity index (χ1v) is 12.2. The number of nitrogens with one attached hydrogen (secondary N) is 1. The third-order valence-electron chi connectivity index (χ3n) is 7.08. The molecule has 2 heterocycles. The van der Waals surface area contributed by atoms with Gasteiger partial charge in [-0.05, 0) is 58.5 Å². The Hall–Kier alpha value is -3.90. The number of hydrogen-bond donors (Lipinski definition) is 1. The fourth-order valence-corrected chi connectivity index (χ4v) is 5.71. The van der Waals surface area contributed by atoms with E-state index in [2.05, 4.69) is 43.4 Å². The number of rotatable bonds is 3. The molecule has 1 atom stereocenters. The molecule has 0 radical (unpaired) electrons. The Bertz CT molecular complexity index is 1610. The van der Waals surface area contributed by atoms with Gasteiger partial charge in [-0.15, -0.1) is 0 Å². The number of nitro groups is 1. The molecule has 0 spiro atoms. The van der Waals surface area contributed by atoms with Crippen molar-refractivity contribution < 1.29 is 14.1 Å². The molecule has 1 aliphatic heterocycles. The number of carbonyl (C=O) groups excluding carboxylic acids is 1. The normalized spacial score (nSPS) is 18.5. The predicted molar refractivity (Wildman–Crippen MR) is 141 cm³/mol. The topological polar surface area (TPSA) is 85.4 Å². The Labute approximate surface area is 212 Å². The molecule has 6 nitrogen and oxygen atoms in total. The van der Waals surface area contributed by atoms with Gasteiger partial charge >= 0.3 is 0 Å². The smallest absolute Gasteiger partial charge is 0.288 e. The number of nitro benzene ring substituents is 1. The van der Waals surface area contributed by atoms with E-state index >= 15 is 0 Å². The van der Waals surface area contributed by atoms with Crippen LogP contribution in [0.25, 0.3) is 27.7 Å². The number of anilines is 1. The largest absolute Gasteiger partial charge is 0.459 e. The summed E-state index contributed by atoms with van der Waals surface area (Å²) < 4.78 is 6.22. The summed E-state index contributed by atoms with van der Waals surface area (Å²) >= 11 is 5.98. The fourth-order valence-electron chi connectivity index (χ4n) is 5.52. The molecule has 36 heavy (non-hydrogen) atoms. The summed E-state index contributed by atoms with van der Waals surface area (Å²) in [4.78, 5) is 24.4. The maximum absolute atomic E-state index is 13.6. The molecule has 0 unspecified atom stereocenters. The van der Waals surface area contributed by atoms with Crippen LogP contribution < -0.4 is 5.32 Å². The van der Waals surface area contributed by atoms with Crippen molar-refractivity contribution in [2.24, 2.45) is 5.41 Å². The van der Waals surface area contributed by atoms with E-state index in [-0.39, 0.29) is 21.9 Å². The highest BCUT2D eigenvalue weighted by molar-refractivity contribution is 6.32. The maximum atomic E-state index is 13.6. The highest BCUT2D eigenvalue weighted by atomic mass is 35.5. The van der Waals surface area contributed by atoms with Gasteiger partial charge in [-0.2, -0.15) is 0 Å². The second-order valence-corrected chi connectivity index (χ2v) is 10.7. The molecule has 0 fully saturated rings. The van der Waals surface area contributed by atoms with Crippen LogP contribution in [-0.2, 0) is 4.79 Å². The van der Waals surface area contributed by atoms with Gasteiger partial charge in [-0.1, -0.05) is 55.8 Å². The first-order valence-electron chi connectivity index (χ1n) is 11.8. The monoisotopic (exact) mass is 498 g/mol. The summed E-state index contributed by atoms with van der Waals surface area (Å²) in [6, 6.07) is 20.1. The Kier molecular flexibility index (Phi) is 5.05. The summed E-state index contributed by atoms with van der Waals surface area (Å²) in [5, 5.41) is 17.2. The molecule has 7 heteroatoms. The fraction of sp³-hybridized carbons (Fsp3) is 0.207. The van der Waals surface area contributed by atoms with Crippen LogP contribution in [0, 0.1) is 15.5 Å². The molecule has 6 rings (SSSR count). The predicted octanol–water partition coefficient (Wildman–Crippen LogP) is 7.97. The molecule has 0 saturated heterocycles. The van der Waals surface area contributed by atoms with E-state index in [0.717, 1.165) is 39.6 Å². The van der Waals surface area contributed by atoms with Crippen LogP contribution >= 0.6 is 11.6 Å². The van der Waals surface area contributed by atoms with Crippen LogP contribution in [0.3, 0.4) is 0 Å². The third kappa shape index (κ3) is 3.60. The molecular formula is C29H23ClN2O4. The molecule has 3 aromatic carbocycles. The van der Waals surface area contributed by atoms with Crippen LogP contribution in [0.15, 0.2) is 76.7 Å². The lowest BCUT2D eigenvalue weighted by molar-refractivity contribution is -0.384. The molecule has 1 aliphatic carbocycles. The van der Waals surface area contributed by atoms with E-state index in [0.29, 0.717) is 23.5 Å². The Morgan fingerprint density at radius 3 is 2.67 bits per heavy atom. The zero-order valence-electron chi connectivity index (χ0n) is 19.8. The number of carbonyl (C=O) groups is 1. The summed E-state index contributed by atoms with van der Waals surface area (Å²) in [6.45, 7) is 4.27. The van der Waals surface area contributed by atoms with Gasteiger partial charge in [0.1, 0.15) is 22.6 Å². The first kappa shape index (κ1) is 22.6. The number of ketones is 1. The minimum Gasteiger partial charge on any atom is -0.459 e. The van der Waals surface area contributed by atoms with Crippen molar-refractivity contribution in [2.45, 2.75) is 32.7 Å². The van der Waals surface area contributed by atoms with Crippen LogP contribution in [0.5, 0.6) is 0 Å². The zero-order chi connectivity index (χ0) is 25.2. The van der Waals surface area contributed by atoms with Gasteiger partial charge in [0.25, 0.3) is 5.69 Å². The molecule has 4 aromatic rings. The van der Waals surface area contributed by atoms with E-state index in [1.165, 1.54) is 12.1 Å². The number of benzene rings is 3. The van der Waals surface area contributed by atoms with Gasteiger partial charge in [-0.3, -0.25) is 14.9 Å². The lowest BCUT2D eigenvalue weighted by Crippen LogP contribution is -2.33. The van der Waals surface area contributed by atoms with E-state index < -0.39 is 11.0 Å². The average molecular weight is 499 g/mol.